The van der Waals surface area contributed by atoms with E-state index in [2.05, 4.69) is 19.2 Å². The molecule has 0 aliphatic carbocycles. The second-order valence-electron chi connectivity index (χ2n) is 5.95. The number of benzene rings is 2. The first kappa shape index (κ1) is 17.0. The molecule has 122 valence electrons. The Morgan fingerprint density at radius 3 is 2.48 bits per heavy atom. The zero-order valence-electron chi connectivity index (χ0n) is 13.7. The molecule has 23 heavy (non-hydrogen) atoms. The van der Waals surface area contributed by atoms with Crippen molar-refractivity contribution in [3.05, 3.63) is 65.5 Å². The van der Waals surface area contributed by atoms with E-state index in [-0.39, 0.29) is 17.8 Å². The SMILES string of the molecule is CC(C)[C@@H](C)NC(=O)c1cccc(OCc2ccc(F)cc2)c1. The minimum atomic E-state index is -0.272. The van der Waals surface area contributed by atoms with Gasteiger partial charge in [-0.15, -0.1) is 0 Å². The molecule has 2 aromatic rings. The lowest BCUT2D eigenvalue weighted by Crippen LogP contribution is -2.36. The second-order valence-corrected chi connectivity index (χ2v) is 5.95. The molecule has 0 aromatic heterocycles. The van der Waals surface area contributed by atoms with Crippen LogP contribution in [0.3, 0.4) is 0 Å². The molecule has 0 radical (unpaired) electrons. The Hall–Kier alpha value is -2.36. The van der Waals surface area contributed by atoms with Gasteiger partial charge < -0.3 is 10.1 Å². The van der Waals surface area contributed by atoms with E-state index in [9.17, 15) is 9.18 Å². The van der Waals surface area contributed by atoms with Gasteiger partial charge in [-0.2, -0.15) is 0 Å². The molecule has 0 heterocycles. The van der Waals surface area contributed by atoms with Gasteiger partial charge in [0.15, 0.2) is 0 Å². The first-order chi connectivity index (χ1) is 11.0. The molecule has 0 unspecified atom stereocenters. The summed E-state index contributed by atoms with van der Waals surface area (Å²) in [5.74, 6) is 0.598. The second kappa shape index (κ2) is 7.77. The van der Waals surface area contributed by atoms with Gasteiger partial charge in [-0.05, 0) is 48.7 Å². The molecule has 2 aromatic carbocycles. The zero-order chi connectivity index (χ0) is 16.8. The normalized spacial score (nSPS) is 12.0. The highest BCUT2D eigenvalue weighted by atomic mass is 19.1. The molecule has 1 amide bonds. The summed E-state index contributed by atoms with van der Waals surface area (Å²) in [5.41, 5.74) is 1.43. The Bertz CT molecular complexity index is 653. The fourth-order valence-corrected chi connectivity index (χ4v) is 1.93. The summed E-state index contributed by atoms with van der Waals surface area (Å²) in [7, 11) is 0. The summed E-state index contributed by atoms with van der Waals surface area (Å²) < 4.78 is 18.5. The highest BCUT2D eigenvalue weighted by Gasteiger charge is 2.13. The maximum atomic E-state index is 12.9. The van der Waals surface area contributed by atoms with Crippen molar-refractivity contribution in [2.45, 2.75) is 33.4 Å². The Labute approximate surface area is 136 Å². The van der Waals surface area contributed by atoms with Gasteiger partial charge in [0.1, 0.15) is 18.2 Å². The Morgan fingerprint density at radius 1 is 1.13 bits per heavy atom. The monoisotopic (exact) mass is 315 g/mol. The van der Waals surface area contributed by atoms with Crippen molar-refractivity contribution in [1.82, 2.24) is 5.32 Å². The molecule has 1 atom stereocenters. The van der Waals surface area contributed by atoms with Crippen LogP contribution in [0.4, 0.5) is 4.39 Å². The van der Waals surface area contributed by atoms with E-state index in [4.69, 9.17) is 4.74 Å². The van der Waals surface area contributed by atoms with E-state index >= 15 is 0 Å². The topological polar surface area (TPSA) is 38.3 Å². The van der Waals surface area contributed by atoms with E-state index < -0.39 is 0 Å². The van der Waals surface area contributed by atoms with Crippen LogP contribution in [-0.2, 0) is 6.61 Å². The molecule has 0 spiro atoms. The number of hydrogen-bond donors (Lipinski definition) is 1. The van der Waals surface area contributed by atoms with Gasteiger partial charge in [-0.1, -0.05) is 32.0 Å². The molecule has 4 heteroatoms. The van der Waals surface area contributed by atoms with Crippen molar-refractivity contribution in [1.29, 1.82) is 0 Å². The standard InChI is InChI=1S/C19H22FNO2/c1-13(2)14(3)21-19(22)16-5-4-6-18(11-16)23-12-15-7-9-17(20)10-8-15/h4-11,13-14H,12H2,1-3H3,(H,21,22)/t14-/m1/s1. The van der Waals surface area contributed by atoms with Crippen molar-refractivity contribution in [3.8, 4) is 5.75 Å². The zero-order valence-corrected chi connectivity index (χ0v) is 13.7. The number of amides is 1. The van der Waals surface area contributed by atoms with E-state index in [0.29, 0.717) is 23.8 Å². The quantitative estimate of drug-likeness (QED) is 0.868. The van der Waals surface area contributed by atoms with Gasteiger partial charge in [0.2, 0.25) is 0 Å². The molecule has 1 N–H and O–H groups in total. The first-order valence-electron chi connectivity index (χ1n) is 7.74. The van der Waals surface area contributed by atoms with Crippen LogP contribution in [-0.4, -0.2) is 11.9 Å². The smallest absolute Gasteiger partial charge is 0.251 e. The average Bonchev–Trinajstić information content (AvgIpc) is 2.54. The lowest BCUT2D eigenvalue weighted by Gasteiger charge is -2.17. The van der Waals surface area contributed by atoms with E-state index in [1.165, 1.54) is 12.1 Å². The van der Waals surface area contributed by atoms with Crippen molar-refractivity contribution < 1.29 is 13.9 Å². The highest BCUT2D eigenvalue weighted by molar-refractivity contribution is 5.94. The maximum absolute atomic E-state index is 12.9. The van der Waals surface area contributed by atoms with E-state index in [1.807, 2.05) is 6.92 Å². The molecule has 0 saturated heterocycles. The number of rotatable bonds is 6. The van der Waals surface area contributed by atoms with Crippen molar-refractivity contribution in [2.24, 2.45) is 5.92 Å². The summed E-state index contributed by atoms with van der Waals surface area (Å²) in [5, 5.41) is 2.97. The van der Waals surface area contributed by atoms with Crippen LogP contribution in [0, 0.1) is 11.7 Å². The van der Waals surface area contributed by atoms with Crippen LogP contribution in [0.15, 0.2) is 48.5 Å². The lowest BCUT2D eigenvalue weighted by atomic mass is 10.1. The summed E-state index contributed by atoms with van der Waals surface area (Å²) in [4.78, 5) is 12.2. The molecular formula is C19H22FNO2. The minimum absolute atomic E-state index is 0.103. The molecule has 0 aliphatic heterocycles. The molecular weight excluding hydrogens is 293 g/mol. The number of carbonyl (C=O) groups is 1. The summed E-state index contributed by atoms with van der Waals surface area (Å²) >= 11 is 0. The molecule has 0 saturated carbocycles. The summed E-state index contributed by atoms with van der Waals surface area (Å²) in [6, 6.07) is 13.3. The third kappa shape index (κ3) is 5.09. The van der Waals surface area contributed by atoms with Gasteiger partial charge in [0.05, 0.1) is 0 Å². The predicted molar refractivity (Wildman–Crippen MR) is 88.9 cm³/mol. The van der Waals surface area contributed by atoms with E-state index in [1.54, 1.807) is 36.4 Å². The van der Waals surface area contributed by atoms with Gasteiger partial charge in [0.25, 0.3) is 5.91 Å². The molecule has 0 bridgehead atoms. The molecule has 3 nitrogen and oxygen atoms in total. The van der Waals surface area contributed by atoms with Gasteiger partial charge in [-0.25, -0.2) is 4.39 Å². The first-order valence-corrected chi connectivity index (χ1v) is 7.74. The maximum Gasteiger partial charge on any atom is 0.251 e. The van der Waals surface area contributed by atoms with Crippen LogP contribution in [0.5, 0.6) is 5.75 Å². The average molecular weight is 315 g/mol. The van der Waals surface area contributed by atoms with Gasteiger partial charge in [0, 0.05) is 11.6 Å². The number of carbonyl (C=O) groups excluding carboxylic acids is 1. The Kier molecular flexibility index (Phi) is 5.74. The summed E-state index contributed by atoms with van der Waals surface area (Å²) in [6.07, 6.45) is 0. The third-order valence-corrected chi connectivity index (χ3v) is 3.77. The number of hydrogen-bond acceptors (Lipinski definition) is 2. The van der Waals surface area contributed by atoms with Gasteiger partial charge in [-0.3, -0.25) is 4.79 Å². The molecule has 0 aliphatic rings. The van der Waals surface area contributed by atoms with Crippen LogP contribution >= 0.6 is 0 Å². The van der Waals surface area contributed by atoms with Crippen LogP contribution in [0.1, 0.15) is 36.7 Å². The lowest BCUT2D eigenvalue weighted by molar-refractivity contribution is 0.0930. The summed E-state index contributed by atoms with van der Waals surface area (Å²) in [6.45, 7) is 6.44. The Morgan fingerprint density at radius 2 is 1.83 bits per heavy atom. The fraction of sp³-hybridized carbons (Fsp3) is 0.316. The van der Waals surface area contributed by atoms with E-state index in [0.717, 1.165) is 5.56 Å². The molecule has 0 fully saturated rings. The number of nitrogens with one attached hydrogen (secondary N) is 1. The predicted octanol–water partition coefficient (Wildman–Crippen LogP) is 4.18. The van der Waals surface area contributed by atoms with Crippen LogP contribution in [0.2, 0.25) is 0 Å². The van der Waals surface area contributed by atoms with Crippen molar-refractivity contribution in [3.63, 3.8) is 0 Å². The van der Waals surface area contributed by atoms with Crippen LogP contribution < -0.4 is 10.1 Å². The number of ether oxygens (including phenoxy) is 1. The minimum Gasteiger partial charge on any atom is -0.489 e. The fourth-order valence-electron chi connectivity index (χ4n) is 1.93. The van der Waals surface area contributed by atoms with Crippen molar-refractivity contribution in [2.75, 3.05) is 0 Å². The number of halogens is 1. The highest BCUT2D eigenvalue weighted by Crippen LogP contribution is 2.16. The largest absolute Gasteiger partial charge is 0.489 e. The Balaban J connectivity index is 1.99. The van der Waals surface area contributed by atoms with Gasteiger partial charge >= 0.3 is 0 Å². The van der Waals surface area contributed by atoms with Crippen LogP contribution in [0.25, 0.3) is 0 Å². The van der Waals surface area contributed by atoms with Crippen molar-refractivity contribution >= 4 is 5.91 Å². The third-order valence-electron chi connectivity index (χ3n) is 3.77. The molecule has 2 rings (SSSR count).